The number of nitrogens with one attached hydrogen (secondary N) is 1. The van der Waals surface area contributed by atoms with Gasteiger partial charge in [0.1, 0.15) is 0 Å². The monoisotopic (exact) mass is 305 g/mol. The first kappa shape index (κ1) is 14.1. The third-order valence-corrected chi connectivity index (χ3v) is 3.40. The summed E-state index contributed by atoms with van der Waals surface area (Å²) in [6.07, 6.45) is 0. The van der Waals surface area contributed by atoms with Crippen molar-refractivity contribution in [3.05, 3.63) is 35.1 Å². The highest BCUT2D eigenvalue weighted by Gasteiger charge is 2.27. The third-order valence-electron chi connectivity index (χ3n) is 2.37. The Hall–Kier alpha value is -1.28. The third kappa shape index (κ3) is 3.84. The highest BCUT2D eigenvalue weighted by Crippen LogP contribution is 2.30. The Labute approximate surface area is 116 Å². The number of thioether (sulfide) groups is 1. The predicted molar refractivity (Wildman–Crippen MR) is 71.4 cm³/mol. The Kier molecular flexibility index (Phi) is 4.31. The fraction of sp³-hybridized carbons (Fsp3) is 0.273. The van der Waals surface area contributed by atoms with Crippen molar-refractivity contribution < 1.29 is 13.2 Å². The van der Waals surface area contributed by atoms with Gasteiger partial charge in [-0.25, -0.2) is 0 Å². The topological polar surface area (TPSA) is 33.6 Å². The maximum absolute atomic E-state index is 12.1. The molecule has 0 aliphatic heterocycles. The van der Waals surface area contributed by atoms with Crippen LogP contribution in [0.25, 0.3) is 11.4 Å². The molecule has 1 heterocycles. The zero-order valence-corrected chi connectivity index (χ0v) is 11.3. The molecule has 0 aliphatic carbocycles. The van der Waals surface area contributed by atoms with E-state index in [1.54, 1.807) is 4.57 Å². The average molecular weight is 305 g/mol. The lowest BCUT2D eigenvalue weighted by Gasteiger charge is -2.08. The van der Waals surface area contributed by atoms with Crippen LogP contribution in [0.3, 0.4) is 0 Å². The van der Waals surface area contributed by atoms with Crippen LogP contribution in [0.1, 0.15) is 0 Å². The summed E-state index contributed by atoms with van der Waals surface area (Å²) in [5, 5.41) is 6.66. The minimum Gasteiger partial charge on any atom is -0.299 e. The van der Waals surface area contributed by atoms with Crippen molar-refractivity contribution in [1.82, 2.24) is 14.8 Å². The number of benzene rings is 1. The van der Waals surface area contributed by atoms with Crippen molar-refractivity contribution in [2.45, 2.75) is 12.1 Å². The van der Waals surface area contributed by atoms with Gasteiger partial charge < -0.3 is 0 Å². The minimum atomic E-state index is -4.22. The van der Waals surface area contributed by atoms with Crippen molar-refractivity contribution >= 4 is 24.0 Å². The maximum Gasteiger partial charge on any atom is 0.441 e. The highest BCUT2D eigenvalue weighted by molar-refractivity contribution is 8.00. The van der Waals surface area contributed by atoms with E-state index < -0.39 is 5.51 Å². The summed E-state index contributed by atoms with van der Waals surface area (Å²) in [6.45, 7) is 0.156. The van der Waals surface area contributed by atoms with Gasteiger partial charge in [-0.2, -0.15) is 18.3 Å². The number of H-pyrrole nitrogens is 1. The number of aromatic nitrogens is 3. The van der Waals surface area contributed by atoms with Gasteiger partial charge in [-0.1, -0.05) is 30.3 Å². The molecule has 0 saturated heterocycles. The van der Waals surface area contributed by atoms with Crippen LogP contribution in [0.4, 0.5) is 13.2 Å². The SMILES string of the molecule is FC(F)(F)SCCn1c(-c2ccccc2)n[nH]c1=S. The first-order valence-corrected chi connectivity index (χ1v) is 6.78. The van der Waals surface area contributed by atoms with Crippen LogP contribution in [0.5, 0.6) is 0 Å². The van der Waals surface area contributed by atoms with E-state index in [0.29, 0.717) is 10.6 Å². The summed E-state index contributed by atoms with van der Waals surface area (Å²) in [7, 11) is 0. The highest BCUT2D eigenvalue weighted by atomic mass is 32.2. The molecule has 2 aromatic rings. The van der Waals surface area contributed by atoms with Gasteiger partial charge in [-0.15, -0.1) is 0 Å². The lowest BCUT2D eigenvalue weighted by molar-refractivity contribution is -0.0328. The van der Waals surface area contributed by atoms with Crippen molar-refractivity contribution in [3.8, 4) is 11.4 Å². The van der Waals surface area contributed by atoms with Gasteiger partial charge in [-0.3, -0.25) is 9.67 Å². The molecule has 2 rings (SSSR count). The zero-order valence-electron chi connectivity index (χ0n) is 9.65. The van der Waals surface area contributed by atoms with E-state index in [4.69, 9.17) is 12.2 Å². The van der Waals surface area contributed by atoms with Crippen LogP contribution in [0.2, 0.25) is 0 Å². The van der Waals surface area contributed by atoms with Gasteiger partial charge in [0, 0.05) is 17.9 Å². The van der Waals surface area contributed by atoms with E-state index in [-0.39, 0.29) is 24.1 Å². The molecular weight excluding hydrogens is 295 g/mol. The van der Waals surface area contributed by atoms with Crippen LogP contribution >= 0.6 is 24.0 Å². The molecular formula is C11H10F3N3S2. The second kappa shape index (κ2) is 5.79. The first-order valence-electron chi connectivity index (χ1n) is 5.39. The number of hydrogen-bond donors (Lipinski definition) is 1. The zero-order chi connectivity index (χ0) is 13.9. The lowest BCUT2D eigenvalue weighted by Crippen LogP contribution is -2.08. The second-order valence-corrected chi connectivity index (χ2v) is 5.21. The Bertz CT molecular complexity index is 589. The molecule has 3 nitrogen and oxygen atoms in total. The molecule has 1 N–H and O–H groups in total. The summed E-state index contributed by atoms with van der Waals surface area (Å²) in [4.78, 5) is 0. The van der Waals surface area contributed by atoms with Gasteiger partial charge in [0.25, 0.3) is 0 Å². The number of hydrogen-bond acceptors (Lipinski definition) is 3. The number of aromatic amines is 1. The van der Waals surface area contributed by atoms with Crippen molar-refractivity contribution in [2.75, 3.05) is 5.75 Å². The number of alkyl halides is 3. The molecule has 0 saturated carbocycles. The van der Waals surface area contributed by atoms with E-state index >= 15 is 0 Å². The number of rotatable bonds is 4. The van der Waals surface area contributed by atoms with Crippen LogP contribution in [-0.4, -0.2) is 26.0 Å². The molecule has 102 valence electrons. The first-order chi connectivity index (χ1) is 8.97. The lowest BCUT2D eigenvalue weighted by atomic mass is 10.2. The summed E-state index contributed by atoms with van der Waals surface area (Å²) in [6, 6.07) is 9.19. The van der Waals surface area contributed by atoms with Gasteiger partial charge in [0.05, 0.1) is 0 Å². The van der Waals surface area contributed by atoms with Crippen molar-refractivity contribution in [2.24, 2.45) is 0 Å². The molecule has 0 fully saturated rings. The standard InChI is InChI=1S/C11H10F3N3S2/c12-11(13,14)19-7-6-17-9(15-16-10(17)18)8-4-2-1-3-5-8/h1-5H,6-7H2,(H,16,18). The fourth-order valence-electron chi connectivity index (χ4n) is 1.59. The van der Waals surface area contributed by atoms with E-state index in [0.717, 1.165) is 5.56 Å². The molecule has 0 bridgehead atoms. The van der Waals surface area contributed by atoms with Gasteiger partial charge in [-0.05, 0) is 24.0 Å². The molecule has 8 heteroatoms. The van der Waals surface area contributed by atoms with Crippen LogP contribution in [0, 0.1) is 4.77 Å². The Morgan fingerprint density at radius 1 is 1.26 bits per heavy atom. The Morgan fingerprint density at radius 3 is 2.58 bits per heavy atom. The smallest absolute Gasteiger partial charge is 0.299 e. The minimum absolute atomic E-state index is 0.0644. The largest absolute Gasteiger partial charge is 0.441 e. The number of halogens is 3. The molecule has 0 radical (unpaired) electrons. The Balaban J connectivity index is 2.17. The molecule has 1 aromatic carbocycles. The normalized spacial score (nSPS) is 11.7. The summed E-state index contributed by atoms with van der Waals surface area (Å²) < 4.78 is 38.2. The molecule has 19 heavy (non-hydrogen) atoms. The Morgan fingerprint density at radius 2 is 1.95 bits per heavy atom. The summed E-state index contributed by atoms with van der Waals surface area (Å²) in [5.74, 6) is 0.449. The maximum atomic E-state index is 12.1. The van der Waals surface area contributed by atoms with Gasteiger partial charge in [0.2, 0.25) is 0 Å². The molecule has 0 unspecified atom stereocenters. The molecule has 0 amide bonds. The molecule has 0 spiro atoms. The quantitative estimate of drug-likeness (QED) is 0.871. The van der Waals surface area contributed by atoms with Crippen LogP contribution in [0.15, 0.2) is 30.3 Å². The van der Waals surface area contributed by atoms with Crippen LogP contribution in [-0.2, 0) is 6.54 Å². The molecule has 1 aromatic heterocycles. The molecule has 0 aliphatic rings. The van der Waals surface area contributed by atoms with E-state index in [9.17, 15) is 13.2 Å². The summed E-state index contributed by atoms with van der Waals surface area (Å²) in [5.41, 5.74) is -3.41. The second-order valence-electron chi connectivity index (χ2n) is 3.66. The fourth-order valence-corrected chi connectivity index (χ4v) is 2.31. The van der Waals surface area contributed by atoms with Gasteiger partial charge >= 0.3 is 5.51 Å². The van der Waals surface area contributed by atoms with E-state index in [2.05, 4.69) is 10.2 Å². The van der Waals surface area contributed by atoms with Crippen molar-refractivity contribution in [1.29, 1.82) is 0 Å². The van der Waals surface area contributed by atoms with E-state index in [1.165, 1.54) is 0 Å². The van der Waals surface area contributed by atoms with E-state index in [1.807, 2.05) is 30.3 Å². The van der Waals surface area contributed by atoms with Crippen molar-refractivity contribution in [3.63, 3.8) is 0 Å². The summed E-state index contributed by atoms with van der Waals surface area (Å²) >= 11 is 4.97. The van der Waals surface area contributed by atoms with Crippen LogP contribution < -0.4 is 0 Å². The number of nitrogens with zero attached hydrogens (tertiary/aromatic N) is 2. The van der Waals surface area contributed by atoms with Gasteiger partial charge in [0.15, 0.2) is 10.6 Å². The average Bonchev–Trinajstić information content (AvgIpc) is 2.71. The molecule has 0 atom stereocenters. The predicted octanol–water partition coefficient (Wildman–Crippen LogP) is 3.86.